The molecule has 3 N–H and O–H groups in total. The Morgan fingerprint density at radius 1 is 1.37 bits per heavy atom. The molecular weight excluding hydrogens is 312 g/mol. The fourth-order valence-electron chi connectivity index (χ4n) is 1.62. The molecule has 0 spiro atoms. The van der Waals surface area contributed by atoms with Crippen LogP contribution in [0.25, 0.3) is 0 Å². The van der Waals surface area contributed by atoms with Crippen molar-refractivity contribution in [3.8, 4) is 0 Å². The third kappa shape index (κ3) is 4.04. The number of aryl methyl sites for hydroxylation is 2. The normalized spacial score (nSPS) is 12.0. The second-order valence-corrected chi connectivity index (χ2v) is 5.15. The van der Waals surface area contributed by atoms with Gasteiger partial charge in [0, 0.05) is 17.1 Å². The third-order valence-corrected chi connectivity index (χ3v) is 3.59. The number of ether oxygens (including phenoxy) is 1. The van der Waals surface area contributed by atoms with Crippen molar-refractivity contribution in [1.29, 1.82) is 0 Å². The van der Waals surface area contributed by atoms with Crippen LogP contribution in [0.2, 0.25) is 0 Å². The van der Waals surface area contributed by atoms with Crippen molar-refractivity contribution in [2.75, 3.05) is 13.7 Å². The zero-order valence-electron chi connectivity index (χ0n) is 11.1. The largest absolute Gasteiger partial charge is 0.382 e. The molecule has 0 aliphatic carbocycles. The highest BCUT2D eigenvalue weighted by Crippen LogP contribution is 2.21. The van der Waals surface area contributed by atoms with Crippen LogP contribution in [0.4, 0.5) is 0 Å². The number of nitrogens with one attached hydrogen (secondary N) is 1. The van der Waals surface area contributed by atoms with Crippen LogP contribution in [0, 0.1) is 13.8 Å². The molecule has 0 aliphatic heterocycles. The zero-order chi connectivity index (χ0) is 14.6. The molecule has 0 radical (unpaired) electrons. The molecule has 5 nitrogen and oxygen atoms in total. The Kier molecular flexibility index (Phi) is 5.50. The molecule has 0 saturated heterocycles. The average molecular weight is 329 g/mol. The van der Waals surface area contributed by atoms with Crippen molar-refractivity contribution < 1.29 is 14.3 Å². The smallest absolute Gasteiger partial charge is 0.252 e. The Labute approximate surface area is 120 Å². The van der Waals surface area contributed by atoms with Gasteiger partial charge in [0.15, 0.2) is 0 Å². The summed E-state index contributed by atoms with van der Waals surface area (Å²) in [5, 5.41) is 2.57. The highest BCUT2D eigenvalue weighted by Gasteiger charge is 2.20. The second kappa shape index (κ2) is 6.68. The second-order valence-electron chi connectivity index (χ2n) is 4.30. The van der Waals surface area contributed by atoms with Crippen LogP contribution in [-0.4, -0.2) is 31.6 Å². The number of hydrogen-bond acceptors (Lipinski definition) is 3. The van der Waals surface area contributed by atoms with Gasteiger partial charge in [-0.1, -0.05) is 15.9 Å². The van der Waals surface area contributed by atoms with Crippen LogP contribution in [0.3, 0.4) is 0 Å². The van der Waals surface area contributed by atoms with Crippen molar-refractivity contribution >= 4 is 27.7 Å². The van der Waals surface area contributed by atoms with Crippen LogP contribution in [0.15, 0.2) is 16.6 Å². The Hall–Kier alpha value is -1.40. The molecule has 0 bridgehead atoms. The van der Waals surface area contributed by atoms with E-state index in [4.69, 9.17) is 10.5 Å². The molecule has 104 valence electrons. The summed E-state index contributed by atoms with van der Waals surface area (Å²) in [6.45, 7) is 3.77. The maximum Gasteiger partial charge on any atom is 0.252 e. The molecule has 1 unspecified atom stereocenters. The number of benzene rings is 1. The SMILES string of the molecule is COCC(NC(=O)c1cc(C)c(Br)cc1C)C(N)=O. The van der Waals surface area contributed by atoms with Gasteiger partial charge in [0.2, 0.25) is 5.91 Å². The molecule has 0 fully saturated rings. The Morgan fingerprint density at radius 3 is 2.53 bits per heavy atom. The lowest BCUT2D eigenvalue weighted by Gasteiger charge is -2.16. The van der Waals surface area contributed by atoms with Gasteiger partial charge < -0.3 is 15.8 Å². The number of carbonyl (C=O) groups excluding carboxylic acids is 2. The van der Waals surface area contributed by atoms with E-state index in [0.717, 1.165) is 15.6 Å². The van der Waals surface area contributed by atoms with Gasteiger partial charge in [0.05, 0.1) is 6.61 Å². The molecule has 6 heteroatoms. The predicted molar refractivity (Wildman–Crippen MR) is 75.9 cm³/mol. The molecule has 0 heterocycles. The summed E-state index contributed by atoms with van der Waals surface area (Å²) < 4.78 is 5.79. The summed E-state index contributed by atoms with van der Waals surface area (Å²) >= 11 is 3.40. The first kappa shape index (κ1) is 15.7. The number of nitrogens with two attached hydrogens (primary N) is 1. The summed E-state index contributed by atoms with van der Waals surface area (Å²) in [7, 11) is 1.44. The van der Waals surface area contributed by atoms with E-state index in [1.165, 1.54) is 7.11 Å². The highest BCUT2D eigenvalue weighted by atomic mass is 79.9. The Balaban J connectivity index is 2.94. The molecule has 2 amide bonds. The number of rotatable bonds is 5. The van der Waals surface area contributed by atoms with Crippen molar-refractivity contribution in [1.82, 2.24) is 5.32 Å². The van der Waals surface area contributed by atoms with E-state index < -0.39 is 11.9 Å². The van der Waals surface area contributed by atoms with E-state index in [2.05, 4.69) is 21.2 Å². The van der Waals surface area contributed by atoms with E-state index in [0.29, 0.717) is 5.56 Å². The first-order chi connectivity index (χ1) is 8.86. The molecular formula is C13H17BrN2O3. The highest BCUT2D eigenvalue weighted by molar-refractivity contribution is 9.10. The van der Waals surface area contributed by atoms with Crippen molar-refractivity contribution in [2.24, 2.45) is 5.73 Å². The lowest BCUT2D eigenvalue weighted by atomic mass is 10.0. The minimum atomic E-state index is -0.833. The molecule has 0 aromatic heterocycles. The number of halogens is 1. The van der Waals surface area contributed by atoms with Crippen LogP contribution in [0.1, 0.15) is 21.5 Å². The summed E-state index contributed by atoms with van der Waals surface area (Å²) in [4.78, 5) is 23.3. The minimum absolute atomic E-state index is 0.0512. The topological polar surface area (TPSA) is 81.4 Å². The van der Waals surface area contributed by atoms with E-state index in [-0.39, 0.29) is 12.5 Å². The predicted octanol–water partition coefficient (Wildman–Crippen LogP) is 1.30. The molecule has 1 rings (SSSR count). The van der Waals surface area contributed by atoms with Gasteiger partial charge in [0.25, 0.3) is 5.91 Å². The standard InChI is InChI=1S/C13H17BrN2O3/c1-7-5-10(14)8(2)4-9(7)13(18)16-11(6-19-3)12(15)17/h4-5,11H,6H2,1-3H3,(H2,15,17)(H,16,18). The summed E-state index contributed by atoms with van der Waals surface area (Å²) in [6, 6.07) is 2.79. The van der Waals surface area contributed by atoms with E-state index >= 15 is 0 Å². The molecule has 1 aromatic carbocycles. The van der Waals surface area contributed by atoms with Gasteiger partial charge in [-0.15, -0.1) is 0 Å². The summed E-state index contributed by atoms with van der Waals surface area (Å²) in [6.07, 6.45) is 0. The fourth-order valence-corrected chi connectivity index (χ4v) is 2.08. The molecule has 1 atom stereocenters. The fraction of sp³-hybridized carbons (Fsp3) is 0.385. The number of carbonyl (C=O) groups is 2. The van der Waals surface area contributed by atoms with Gasteiger partial charge in [-0.05, 0) is 37.1 Å². The molecule has 0 saturated carbocycles. The quantitative estimate of drug-likeness (QED) is 0.854. The summed E-state index contributed by atoms with van der Waals surface area (Å²) in [5.41, 5.74) is 7.47. The van der Waals surface area contributed by atoms with Crippen molar-refractivity contribution in [3.63, 3.8) is 0 Å². The Bertz CT molecular complexity index is 503. The number of primary amides is 1. The zero-order valence-corrected chi connectivity index (χ0v) is 12.7. The van der Waals surface area contributed by atoms with Crippen LogP contribution in [0.5, 0.6) is 0 Å². The van der Waals surface area contributed by atoms with Gasteiger partial charge >= 0.3 is 0 Å². The van der Waals surface area contributed by atoms with Gasteiger partial charge in [0.1, 0.15) is 6.04 Å². The lowest BCUT2D eigenvalue weighted by Crippen LogP contribution is -2.47. The first-order valence-corrected chi connectivity index (χ1v) is 6.52. The first-order valence-electron chi connectivity index (χ1n) is 5.72. The van der Waals surface area contributed by atoms with Crippen molar-refractivity contribution in [3.05, 3.63) is 33.3 Å². The van der Waals surface area contributed by atoms with Crippen molar-refractivity contribution in [2.45, 2.75) is 19.9 Å². The van der Waals surface area contributed by atoms with E-state index in [9.17, 15) is 9.59 Å². The number of methoxy groups -OCH3 is 1. The summed E-state index contributed by atoms with van der Waals surface area (Å²) in [5.74, 6) is -0.962. The van der Waals surface area contributed by atoms with Gasteiger partial charge in [-0.25, -0.2) is 0 Å². The average Bonchev–Trinajstić information content (AvgIpc) is 2.32. The lowest BCUT2D eigenvalue weighted by molar-refractivity contribution is -0.121. The molecule has 0 aliphatic rings. The van der Waals surface area contributed by atoms with E-state index in [1.807, 2.05) is 19.9 Å². The minimum Gasteiger partial charge on any atom is -0.382 e. The number of amides is 2. The Morgan fingerprint density at radius 2 is 2.00 bits per heavy atom. The maximum atomic E-state index is 12.1. The maximum absolute atomic E-state index is 12.1. The molecule has 1 aromatic rings. The van der Waals surface area contributed by atoms with Gasteiger partial charge in [-0.2, -0.15) is 0 Å². The monoisotopic (exact) mass is 328 g/mol. The van der Waals surface area contributed by atoms with Crippen LogP contribution >= 0.6 is 15.9 Å². The van der Waals surface area contributed by atoms with Crippen LogP contribution in [-0.2, 0) is 9.53 Å². The number of hydrogen-bond donors (Lipinski definition) is 2. The van der Waals surface area contributed by atoms with Gasteiger partial charge in [-0.3, -0.25) is 9.59 Å². The van der Waals surface area contributed by atoms with Crippen LogP contribution < -0.4 is 11.1 Å². The molecule has 19 heavy (non-hydrogen) atoms. The van der Waals surface area contributed by atoms with E-state index in [1.54, 1.807) is 6.07 Å². The third-order valence-electron chi connectivity index (χ3n) is 2.73.